The van der Waals surface area contributed by atoms with Crippen LogP contribution in [0.2, 0.25) is 0 Å². The van der Waals surface area contributed by atoms with Gasteiger partial charge in [0, 0.05) is 33.7 Å². The van der Waals surface area contributed by atoms with E-state index in [2.05, 4.69) is 30.2 Å². The number of carbonyl (C=O) groups is 1. The first-order valence-corrected chi connectivity index (χ1v) is 11.9. The van der Waals surface area contributed by atoms with E-state index in [0.29, 0.717) is 10.2 Å². The Morgan fingerprint density at radius 2 is 2.10 bits per heavy atom. The Bertz CT molecular complexity index is 1400. The third-order valence-electron chi connectivity index (χ3n) is 5.55. The third kappa shape index (κ3) is 3.74. The van der Waals surface area contributed by atoms with Crippen LogP contribution in [0.1, 0.15) is 30.7 Å². The summed E-state index contributed by atoms with van der Waals surface area (Å²) >= 11 is 3.29. The topological polar surface area (TPSA) is 76.9 Å². The van der Waals surface area contributed by atoms with Crippen molar-refractivity contribution in [2.75, 3.05) is 5.32 Å². The number of amides is 1. The van der Waals surface area contributed by atoms with Crippen LogP contribution in [0, 0.1) is 6.92 Å². The number of para-hydroxylation sites is 1. The van der Waals surface area contributed by atoms with E-state index in [4.69, 9.17) is 4.98 Å². The number of rotatable bonds is 3. The van der Waals surface area contributed by atoms with E-state index >= 15 is 0 Å². The zero-order valence-electron chi connectivity index (χ0n) is 17.6. The number of aryl methyl sites for hydroxylation is 1. The van der Waals surface area contributed by atoms with Crippen LogP contribution in [0.4, 0.5) is 5.69 Å². The molecule has 8 heteroatoms. The molecule has 0 bridgehead atoms. The minimum atomic E-state index is -0.258. The first kappa shape index (κ1) is 20.2. The van der Waals surface area contributed by atoms with Gasteiger partial charge in [-0.1, -0.05) is 32.0 Å². The first-order chi connectivity index (χ1) is 14.8. The molecule has 0 atom stereocenters. The van der Waals surface area contributed by atoms with Gasteiger partial charge in [0.25, 0.3) is 5.56 Å². The van der Waals surface area contributed by atoms with Crippen molar-refractivity contribution in [1.29, 1.82) is 0 Å². The summed E-state index contributed by atoms with van der Waals surface area (Å²) in [5.41, 5.74) is 4.51. The lowest BCUT2D eigenvalue weighted by molar-refractivity contribution is -0.116. The van der Waals surface area contributed by atoms with E-state index in [1.54, 1.807) is 0 Å². The SMILES string of the molecule is Cc1ccccc1NC(=O)Cn1cnc2c(sc3nc4c(cc32)CSC(C)(C)C4)c1=O. The van der Waals surface area contributed by atoms with E-state index in [1.165, 1.54) is 27.8 Å². The second-order valence-corrected chi connectivity index (χ2v) is 11.2. The number of hydrogen-bond acceptors (Lipinski definition) is 6. The fraction of sp³-hybridized carbons (Fsp3) is 0.304. The maximum atomic E-state index is 13.1. The Labute approximate surface area is 187 Å². The van der Waals surface area contributed by atoms with E-state index in [-0.39, 0.29) is 22.8 Å². The standard InChI is InChI=1S/C23H22N4O2S2/c1-13-6-4-5-7-16(13)25-18(28)10-27-12-24-19-15-8-14-11-30-23(2,3)9-17(14)26-21(15)31-20(19)22(27)29/h4-8,12H,9-11H2,1-3H3,(H,25,28). The molecule has 4 heterocycles. The van der Waals surface area contributed by atoms with Gasteiger partial charge in [0.2, 0.25) is 5.91 Å². The van der Waals surface area contributed by atoms with Crippen LogP contribution in [0.15, 0.2) is 41.5 Å². The van der Waals surface area contributed by atoms with Gasteiger partial charge in [-0.05, 0) is 30.2 Å². The summed E-state index contributed by atoms with van der Waals surface area (Å²) in [6.07, 6.45) is 2.37. The molecule has 0 fully saturated rings. The molecule has 6 nitrogen and oxygen atoms in total. The molecule has 0 spiro atoms. The van der Waals surface area contributed by atoms with Crippen molar-refractivity contribution in [3.8, 4) is 0 Å². The normalized spacial score (nSPS) is 15.2. The molecular weight excluding hydrogens is 428 g/mol. The summed E-state index contributed by atoms with van der Waals surface area (Å²) in [6.45, 7) is 6.32. The molecule has 158 valence electrons. The molecule has 1 amide bonds. The number of benzene rings is 1. The van der Waals surface area contributed by atoms with E-state index in [9.17, 15) is 9.59 Å². The van der Waals surface area contributed by atoms with E-state index in [0.717, 1.165) is 39.3 Å². The molecule has 0 saturated heterocycles. The number of carbonyl (C=O) groups excluding carboxylic acids is 1. The molecule has 4 aromatic rings. The Kier molecular flexibility index (Phi) is 4.86. The van der Waals surface area contributed by atoms with Crippen LogP contribution < -0.4 is 10.9 Å². The van der Waals surface area contributed by atoms with Crippen LogP contribution >= 0.6 is 23.1 Å². The zero-order valence-corrected chi connectivity index (χ0v) is 19.2. The minimum absolute atomic E-state index is 0.0842. The number of aromatic nitrogens is 3. The highest BCUT2D eigenvalue weighted by Crippen LogP contribution is 2.40. The molecule has 0 radical (unpaired) electrons. The van der Waals surface area contributed by atoms with E-state index in [1.807, 2.05) is 43.0 Å². The van der Waals surface area contributed by atoms with Gasteiger partial charge in [0.1, 0.15) is 16.1 Å². The highest BCUT2D eigenvalue weighted by molar-refractivity contribution is 7.99. The summed E-state index contributed by atoms with van der Waals surface area (Å²) in [5, 5.41) is 3.79. The number of hydrogen-bond donors (Lipinski definition) is 1. The average Bonchev–Trinajstić information content (AvgIpc) is 3.08. The van der Waals surface area contributed by atoms with Crippen LogP contribution in [-0.4, -0.2) is 25.2 Å². The number of fused-ring (bicyclic) bond motifs is 4. The Hall–Kier alpha value is -2.71. The number of pyridine rings is 1. The summed E-state index contributed by atoms with van der Waals surface area (Å²) in [7, 11) is 0. The third-order valence-corrected chi connectivity index (χ3v) is 8.01. The first-order valence-electron chi connectivity index (χ1n) is 10.1. The lowest BCUT2D eigenvalue weighted by Crippen LogP contribution is -2.27. The number of anilines is 1. The fourth-order valence-electron chi connectivity index (χ4n) is 3.85. The fourth-order valence-corrected chi connectivity index (χ4v) is 5.96. The van der Waals surface area contributed by atoms with Gasteiger partial charge < -0.3 is 5.32 Å². The lowest BCUT2D eigenvalue weighted by Gasteiger charge is -2.29. The maximum Gasteiger partial charge on any atom is 0.271 e. The highest BCUT2D eigenvalue weighted by atomic mass is 32.2. The largest absolute Gasteiger partial charge is 0.324 e. The van der Waals surface area contributed by atoms with Crippen molar-refractivity contribution in [2.24, 2.45) is 0 Å². The Morgan fingerprint density at radius 3 is 2.90 bits per heavy atom. The van der Waals surface area contributed by atoms with Crippen molar-refractivity contribution < 1.29 is 4.79 Å². The van der Waals surface area contributed by atoms with Crippen molar-refractivity contribution in [3.63, 3.8) is 0 Å². The van der Waals surface area contributed by atoms with Gasteiger partial charge >= 0.3 is 0 Å². The van der Waals surface area contributed by atoms with Gasteiger partial charge in [-0.15, -0.1) is 11.3 Å². The predicted molar refractivity (Wildman–Crippen MR) is 128 cm³/mol. The molecule has 31 heavy (non-hydrogen) atoms. The van der Waals surface area contributed by atoms with Crippen molar-refractivity contribution >= 4 is 55.1 Å². The summed E-state index contributed by atoms with van der Waals surface area (Å²) < 4.78 is 2.08. The molecule has 1 aromatic carbocycles. The van der Waals surface area contributed by atoms with Crippen LogP contribution in [0.3, 0.4) is 0 Å². The van der Waals surface area contributed by atoms with Crippen molar-refractivity contribution in [2.45, 2.75) is 44.2 Å². The van der Waals surface area contributed by atoms with Crippen LogP contribution in [0.5, 0.6) is 0 Å². The molecule has 0 aliphatic carbocycles. The van der Waals surface area contributed by atoms with Crippen molar-refractivity contribution in [3.05, 3.63) is 63.8 Å². The Balaban J connectivity index is 1.49. The second kappa shape index (κ2) is 7.46. The van der Waals surface area contributed by atoms with Gasteiger partial charge in [-0.2, -0.15) is 11.8 Å². The summed E-state index contributed by atoms with van der Waals surface area (Å²) in [4.78, 5) is 35.9. The molecule has 1 N–H and O–H groups in total. The van der Waals surface area contributed by atoms with Gasteiger partial charge in [-0.3, -0.25) is 14.2 Å². The zero-order chi connectivity index (χ0) is 21.8. The average molecular weight is 451 g/mol. The van der Waals surface area contributed by atoms with Gasteiger partial charge in [0.15, 0.2) is 0 Å². The molecule has 1 aliphatic heterocycles. The number of thiophene rings is 1. The molecular formula is C23H22N4O2S2. The van der Waals surface area contributed by atoms with Crippen LogP contribution in [0.25, 0.3) is 20.4 Å². The maximum absolute atomic E-state index is 13.1. The molecule has 0 saturated carbocycles. The summed E-state index contributed by atoms with van der Waals surface area (Å²) in [5.74, 6) is 0.658. The monoisotopic (exact) mass is 450 g/mol. The second-order valence-electron chi connectivity index (χ2n) is 8.49. The van der Waals surface area contributed by atoms with E-state index < -0.39 is 0 Å². The van der Waals surface area contributed by atoms with Crippen LogP contribution in [-0.2, 0) is 23.5 Å². The Morgan fingerprint density at radius 1 is 1.29 bits per heavy atom. The number of thioether (sulfide) groups is 1. The van der Waals surface area contributed by atoms with Gasteiger partial charge in [-0.25, -0.2) is 9.97 Å². The molecule has 3 aromatic heterocycles. The lowest BCUT2D eigenvalue weighted by atomic mass is 10.0. The highest BCUT2D eigenvalue weighted by Gasteiger charge is 2.28. The minimum Gasteiger partial charge on any atom is -0.324 e. The molecule has 5 rings (SSSR count). The van der Waals surface area contributed by atoms with Gasteiger partial charge in [0.05, 0.1) is 11.8 Å². The molecule has 1 aliphatic rings. The quantitative estimate of drug-likeness (QED) is 0.497. The summed E-state index contributed by atoms with van der Waals surface area (Å²) in [6, 6.07) is 9.70. The number of nitrogens with zero attached hydrogens (tertiary/aromatic N) is 3. The smallest absolute Gasteiger partial charge is 0.271 e. The molecule has 0 unspecified atom stereocenters. The van der Waals surface area contributed by atoms with Crippen molar-refractivity contribution in [1.82, 2.24) is 14.5 Å². The number of nitrogens with one attached hydrogen (secondary N) is 1. The predicted octanol–water partition coefficient (Wildman–Crippen LogP) is 4.52.